The zero-order chi connectivity index (χ0) is 12.7. The number of aliphatic carboxylic acids is 1. The minimum atomic E-state index is -0.866. The van der Waals surface area contributed by atoms with Crippen LogP contribution in [-0.2, 0) is 4.79 Å². The number of carboxylic acid groups (broad SMARTS) is 1. The number of aromatic nitrogens is 2. The second-order valence-corrected chi connectivity index (χ2v) is 4.93. The molecule has 0 bridgehead atoms. The topological polar surface area (TPSA) is 75.1 Å². The van der Waals surface area contributed by atoms with Gasteiger partial charge in [-0.2, -0.15) is 0 Å². The molecular formula is C11H17N3O2S. The summed E-state index contributed by atoms with van der Waals surface area (Å²) in [5.41, 5.74) is -0.866. The number of rotatable bonds is 7. The van der Waals surface area contributed by atoms with Gasteiger partial charge in [-0.3, -0.25) is 4.79 Å². The molecule has 0 radical (unpaired) electrons. The molecular weight excluding hydrogens is 238 g/mol. The summed E-state index contributed by atoms with van der Waals surface area (Å²) in [6.07, 6.45) is 3.71. The molecule has 17 heavy (non-hydrogen) atoms. The van der Waals surface area contributed by atoms with E-state index < -0.39 is 11.5 Å². The Morgan fingerprint density at radius 2 is 2.41 bits per heavy atom. The Hall–Kier alpha value is -1.14. The van der Waals surface area contributed by atoms with Crippen LogP contribution in [0.3, 0.4) is 0 Å². The van der Waals surface area contributed by atoms with Gasteiger partial charge in [-0.25, -0.2) is 9.97 Å². The van der Waals surface area contributed by atoms with Crippen molar-refractivity contribution >= 4 is 17.7 Å². The number of likely N-dealkylation sites (N-methyl/N-ethyl adjacent to an activating group) is 1. The lowest BCUT2D eigenvalue weighted by Crippen LogP contribution is -2.49. The van der Waals surface area contributed by atoms with Gasteiger partial charge in [0.15, 0.2) is 0 Å². The molecule has 0 amide bonds. The zero-order valence-electron chi connectivity index (χ0n) is 10.0. The van der Waals surface area contributed by atoms with Gasteiger partial charge in [0, 0.05) is 11.9 Å². The minimum Gasteiger partial charge on any atom is -0.480 e. The summed E-state index contributed by atoms with van der Waals surface area (Å²) in [5.74, 6) is -0.116. The number of hydrogen-bond acceptors (Lipinski definition) is 5. The number of thioether (sulfide) groups is 1. The molecule has 6 heteroatoms. The predicted molar refractivity (Wildman–Crippen MR) is 67.1 cm³/mol. The Labute approximate surface area is 105 Å². The average Bonchev–Trinajstić information content (AvgIpc) is 2.30. The number of nitrogens with one attached hydrogen (secondary N) is 1. The lowest BCUT2D eigenvalue weighted by atomic mass is 9.99. The van der Waals surface area contributed by atoms with Crippen LogP contribution in [0, 0.1) is 0 Å². The highest BCUT2D eigenvalue weighted by Gasteiger charge is 2.31. The van der Waals surface area contributed by atoms with Crippen LogP contribution in [0.1, 0.15) is 20.3 Å². The average molecular weight is 255 g/mol. The molecule has 0 saturated carbocycles. The number of nitrogens with zero attached hydrogens (tertiary/aromatic N) is 2. The van der Waals surface area contributed by atoms with Gasteiger partial charge in [0.2, 0.25) is 0 Å². The summed E-state index contributed by atoms with van der Waals surface area (Å²) in [4.78, 5) is 19.1. The molecule has 1 aromatic rings. The molecule has 2 N–H and O–H groups in total. The second kappa shape index (κ2) is 6.56. The zero-order valence-corrected chi connectivity index (χ0v) is 10.8. The summed E-state index contributed by atoms with van der Waals surface area (Å²) in [6.45, 7) is 4.25. The molecule has 0 saturated heterocycles. The molecule has 0 aliphatic heterocycles. The van der Waals surface area contributed by atoms with Crippen LogP contribution >= 0.6 is 11.8 Å². The summed E-state index contributed by atoms with van der Waals surface area (Å²) >= 11 is 1.54. The molecule has 0 aromatic carbocycles. The van der Waals surface area contributed by atoms with Crippen molar-refractivity contribution in [3.63, 3.8) is 0 Å². The van der Waals surface area contributed by atoms with Crippen LogP contribution in [0.4, 0.5) is 0 Å². The lowest BCUT2D eigenvalue weighted by Gasteiger charge is -2.25. The molecule has 5 nitrogen and oxygen atoms in total. The molecule has 1 aromatic heterocycles. The van der Waals surface area contributed by atoms with Crippen LogP contribution in [-0.4, -0.2) is 38.9 Å². The van der Waals surface area contributed by atoms with Crippen LogP contribution in [0.5, 0.6) is 0 Å². The number of hydrogen-bond donors (Lipinski definition) is 2. The molecule has 1 atom stereocenters. The van der Waals surface area contributed by atoms with E-state index in [1.165, 1.54) is 18.1 Å². The normalized spacial score (nSPS) is 14.2. The van der Waals surface area contributed by atoms with Gasteiger partial charge in [0.25, 0.3) is 0 Å². The van der Waals surface area contributed by atoms with E-state index in [2.05, 4.69) is 15.3 Å². The van der Waals surface area contributed by atoms with E-state index >= 15 is 0 Å². The predicted octanol–water partition coefficient (Wildman–Crippen LogP) is 1.41. The van der Waals surface area contributed by atoms with Gasteiger partial charge in [0.1, 0.15) is 11.9 Å². The van der Waals surface area contributed by atoms with E-state index in [0.29, 0.717) is 18.7 Å². The highest BCUT2D eigenvalue weighted by atomic mass is 32.2. The SMILES string of the molecule is CCNC(C)(CCSc1ccncn1)C(=O)O. The third-order valence-electron chi connectivity index (χ3n) is 2.45. The second-order valence-electron chi connectivity index (χ2n) is 3.81. The van der Waals surface area contributed by atoms with Crippen LogP contribution < -0.4 is 5.32 Å². The molecule has 0 fully saturated rings. The summed E-state index contributed by atoms with van der Waals surface area (Å²) in [5, 5.41) is 13.0. The quantitative estimate of drug-likeness (QED) is 0.567. The Balaban J connectivity index is 2.45. The number of carbonyl (C=O) groups is 1. The van der Waals surface area contributed by atoms with E-state index in [0.717, 1.165) is 5.03 Å². The smallest absolute Gasteiger partial charge is 0.323 e. The monoisotopic (exact) mass is 255 g/mol. The third kappa shape index (κ3) is 4.32. The molecule has 0 aliphatic carbocycles. The molecule has 0 spiro atoms. The first-order chi connectivity index (χ1) is 8.08. The Morgan fingerprint density at radius 1 is 1.65 bits per heavy atom. The molecule has 94 valence electrons. The maximum absolute atomic E-state index is 11.2. The highest BCUT2D eigenvalue weighted by Crippen LogP contribution is 2.19. The van der Waals surface area contributed by atoms with Crippen molar-refractivity contribution in [3.8, 4) is 0 Å². The van der Waals surface area contributed by atoms with Crippen molar-refractivity contribution in [2.45, 2.75) is 30.8 Å². The van der Waals surface area contributed by atoms with Crippen molar-refractivity contribution in [2.75, 3.05) is 12.3 Å². The Bertz CT molecular complexity index is 361. The number of carboxylic acids is 1. The first-order valence-electron chi connectivity index (χ1n) is 5.45. The van der Waals surface area contributed by atoms with Gasteiger partial charge >= 0.3 is 5.97 Å². The fraction of sp³-hybridized carbons (Fsp3) is 0.545. The van der Waals surface area contributed by atoms with Gasteiger partial charge in [-0.05, 0) is 26.0 Å². The largest absolute Gasteiger partial charge is 0.480 e. The maximum atomic E-state index is 11.2. The van der Waals surface area contributed by atoms with Crippen molar-refractivity contribution in [3.05, 3.63) is 18.6 Å². The fourth-order valence-corrected chi connectivity index (χ4v) is 2.38. The van der Waals surface area contributed by atoms with E-state index in [1.807, 2.05) is 13.0 Å². The van der Waals surface area contributed by atoms with Crippen molar-refractivity contribution < 1.29 is 9.90 Å². The van der Waals surface area contributed by atoms with Gasteiger partial charge in [-0.1, -0.05) is 6.92 Å². The Kier molecular flexibility index (Phi) is 5.37. The fourth-order valence-electron chi connectivity index (χ4n) is 1.38. The van der Waals surface area contributed by atoms with Crippen LogP contribution in [0.25, 0.3) is 0 Å². The first-order valence-corrected chi connectivity index (χ1v) is 6.44. The molecule has 1 unspecified atom stereocenters. The van der Waals surface area contributed by atoms with E-state index in [-0.39, 0.29) is 0 Å². The van der Waals surface area contributed by atoms with Gasteiger partial charge < -0.3 is 10.4 Å². The van der Waals surface area contributed by atoms with E-state index in [4.69, 9.17) is 5.11 Å². The van der Waals surface area contributed by atoms with Crippen LogP contribution in [0.15, 0.2) is 23.6 Å². The van der Waals surface area contributed by atoms with Gasteiger partial charge in [-0.15, -0.1) is 11.8 Å². The highest BCUT2D eigenvalue weighted by molar-refractivity contribution is 7.99. The molecule has 1 rings (SSSR count). The minimum absolute atomic E-state index is 0.546. The van der Waals surface area contributed by atoms with Crippen molar-refractivity contribution in [2.24, 2.45) is 0 Å². The summed E-state index contributed by atoms with van der Waals surface area (Å²) < 4.78 is 0. The van der Waals surface area contributed by atoms with Crippen LogP contribution in [0.2, 0.25) is 0 Å². The standard InChI is InChI=1S/C11H17N3O2S/c1-3-14-11(2,10(15)16)5-7-17-9-4-6-12-8-13-9/h4,6,8,14H,3,5,7H2,1-2H3,(H,15,16). The molecule has 0 aliphatic rings. The lowest BCUT2D eigenvalue weighted by molar-refractivity contribution is -0.144. The third-order valence-corrected chi connectivity index (χ3v) is 3.39. The summed E-state index contributed by atoms with van der Waals surface area (Å²) in [6, 6.07) is 1.82. The Morgan fingerprint density at radius 3 is 2.94 bits per heavy atom. The first kappa shape index (κ1) is 13.9. The maximum Gasteiger partial charge on any atom is 0.323 e. The summed E-state index contributed by atoms with van der Waals surface area (Å²) in [7, 11) is 0. The molecule has 1 heterocycles. The van der Waals surface area contributed by atoms with Gasteiger partial charge in [0.05, 0.1) is 5.03 Å². The van der Waals surface area contributed by atoms with Crippen molar-refractivity contribution in [1.82, 2.24) is 15.3 Å². The van der Waals surface area contributed by atoms with E-state index in [1.54, 1.807) is 13.1 Å². The van der Waals surface area contributed by atoms with E-state index in [9.17, 15) is 4.79 Å². The van der Waals surface area contributed by atoms with Crippen molar-refractivity contribution in [1.29, 1.82) is 0 Å².